The number of aliphatic imine (C=N–C) groups is 1. The van der Waals surface area contributed by atoms with Crippen molar-refractivity contribution in [3.05, 3.63) is 58.7 Å². The zero-order valence-electron chi connectivity index (χ0n) is 24.7. The topological polar surface area (TPSA) is 141 Å². The zero-order chi connectivity index (χ0) is 30.7. The Kier molecular flexibility index (Phi) is 18.0. The number of aliphatic hydroxyl groups is 1. The van der Waals surface area contributed by atoms with Crippen molar-refractivity contribution in [2.45, 2.75) is 67.2 Å². The Balaban J connectivity index is 0.000000649. The van der Waals surface area contributed by atoms with Gasteiger partial charge in [-0.05, 0) is 61.8 Å². The van der Waals surface area contributed by atoms with Gasteiger partial charge in [-0.2, -0.15) is 4.99 Å². The van der Waals surface area contributed by atoms with Crippen LogP contribution in [0.15, 0.2) is 41.4 Å². The van der Waals surface area contributed by atoms with E-state index in [4.69, 9.17) is 9.84 Å². The van der Waals surface area contributed by atoms with Crippen LogP contribution >= 0.6 is 0 Å². The van der Waals surface area contributed by atoms with Crippen molar-refractivity contribution < 1.29 is 38.5 Å². The van der Waals surface area contributed by atoms with E-state index in [2.05, 4.69) is 33.6 Å². The number of amides is 1. The highest BCUT2D eigenvalue weighted by Crippen LogP contribution is 2.29. The molecule has 0 heterocycles. The molecule has 0 atom stereocenters. The summed E-state index contributed by atoms with van der Waals surface area (Å²) in [5.74, 6) is -0.471. The fourth-order valence-corrected chi connectivity index (χ4v) is 3.36. The number of rotatable bonds is 9. The van der Waals surface area contributed by atoms with E-state index in [1.54, 1.807) is 19.9 Å². The number of carbonyl (C=O) groups excluding carboxylic acids is 4. The molecular formula is C30H42N2O8. The van der Waals surface area contributed by atoms with Gasteiger partial charge in [0, 0.05) is 0 Å². The Morgan fingerprint density at radius 3 is 1.85 bits per heavy atom. The first kappa shape index (κ1) is 36.0. The lowest BCUT2D eigenvalue weighted by Crippen LogP contribution is -2.21. The molecule has 0 fully saturated rings. The molecule has 0 bridgehead atoms. The lowest BCUT2D eigenvalue weighted by atomic mass is 9.98. The van der Waals surface area contributed by atoms with Gasteiger partial charge in [0.15, 0.2) is 6.61 Å². The van der Waals surface area contributed by atoms with E-state index >= 15 is 0 Å². The Hall–Kier alpha value is -4.01. The number of hydrogen-bond acceptors (Lipinski definition) is 9. The number of aliphatic hydroxyl groups excluding tert-OH is 1. The zero-order valence-corrected chi connectivity index (χ0v) is 24.7. The quantitative estimate of drug-likeness (QED) is 0.169. The van der Waals surface area contributed by atoms with E-state index in [1.807, 2.05) is 64.1 Å². The Morgan fingerprint density at radius 1 is 0.850 bits per heavy atom. The second kappa shape index (κ2) is 20.0. The number of aryl methyl sites for hydroxylation is 2. The molecule has 10 heteroatoms. The lowest BCUT2D eigenvalue weighted by molar-refractivity contribution is -0.147. The van der Waals surface area contributed by atoms with E-state index in [0.29, 0.717) is 12.5 Å². The lowest BCUT2D eigenvalue weighted by Gasteiger charge is -2.16. The maximum absolute atomic E-state index is 11.7. The normalized spacial score (nSPS) is 9.78. The minimum absolute atomic E-state index is 0.263. The van der Waals surface area contributed by atoms with Crippen molar-refractivity contribution in [2.24, 2.45) is 4.99 Å². The highest BCUT2D eigenvalue weighted by Gasteiger charge is 2.14. The molecule has 40 heavy (non-hydrogen) atoms. The van der Waals surface area contributed by atoms with Gasteiger partial charge in [0.2, 0.25) is 6.08 Å². The van der Waals surface area contributed by atoms with Gasteiger partial charge in [0.1, 0.15) is 6.61 Å². The standard InChI is InChI=1S/C15H21NO4.C11H13NO.C4H8O3/c1-5-19-13(17)9-20-15(18)16-14-11(4)7-6-8-12(14)10(2)3;1-8(2)10-6-4-5-9(3)11(10)12-7-13;1-2-7-4(6)3-5/h6-8,10H,5,9H2,1-4H3,(H,16,18);4-6,8H,1-3H3;5H,2-3H2,1H3. The predicted octanol–water partition coefficient (Wildman–Crippen LogP) is 5.86. The number of nitrogens with zero attached hydrogens (tertiary/aromatic N) is 1. The molecule has 10 nitrogen and oxygen atoms in total. The van der Waals surface area contributed by atoms with Crippen molar-refractivity contribution >= 4 is 35.5 Å². The number of carbonyl (C=O) groups is 3. The summed E-state index contributed by atoms with van der Waals surface area (Å²) >= 11 is 0. The molecule has 2 rings (SSSR count). The number of nitrogens with one attached hydrogen (secondary N) is 1. The number of benzene rings is 2. The van der Waals surface area contributed by atoms with Crippen LogP contribution in [0.3, 0.4) is 0 Å². The fourth-order valence-electron chi connectivity index (χ4n) is 3.36. The molecule has 2 aromatic rings. The summed E-state index contributed by atoms with van der Waals surface area (Å²) in [6, 6.07) is 11.7. The molecule has 0 saturated heterocycles. The molecule has 0 aliphatic rings. The van der Waals surface area contributed by atoms with E-state index in [9.17, 15) is 19.2 Å². The van der Waals surface area contributed by atoms with Gasteiger partial charge in [0.25, 0.3) is 0 Å². The van der Waals surface area contributed by atoms with Gasteiger partial charge >= 0.3 is 18.0 Å². The van der Waals surface area contributed by atoms with Gasteiger partial charge < -0.3 is 19.3 Å². The highest BCUT2D eigenvalue weighted by molar-refractivity contribution is 5.88. The number of isocyanates is 1. The van der Waals surface area contributed by atoms with Gasteiger partial charge in [-0.3, -0.25) is 5.32 Å². The van der Waals surface area contributed by atoms with Crippen LogP contribution in [0.25, 0.3) is 0 Å². The summed E-state index contributed by atoms with van der Waals surface area (Å²) in [4.78, 5) is 46.7. The Bertz CT molecular complexity index is 1140. The number of anilines is 1. The first-order chi connectivity index (χ1) is 18.9. The van der Waals surface area contributed by atoms with Crippen molar-refractivity contribution in [2.75, 3.05) is 31.7 Å². The smallest absolute Gasteiger partial charge is 0.412 e. The molecule has 2 N–H and O–H groups in total. The maximum atomic E-state index is 11.7. The van der Waals surface area contributed by atoms with E-state index in [0.717, 1.165) is 33.6 Å². The van der Waals surface area contributed by atoms with E-state index < -0.39 is 24.6 Å². The van der Waals surface area contributed by atoms with Crippen LogP contribution in [0.2, 0.25) is 0 Å². The van der Waals surface area contributed by atoms with Crippen molar-refractivity contribution in [1.29, 1.82) is 0 Å². The van der Waals surface area contributed by atoms with Gasteiger partial charge in [-0.1, -0.05) is 64.1 Å². The van der Waals surface area contributed by atoms with Crippen LogP contribution in [0, 0.1) is 13.8 Å². The molecule has 220 valence electrons. The number of ether oxygens (including phenoxy) is 3. The van der Waals surface area contributed by atoms with Crippen LogP contribution in [-0.4, -0.2) is 55.6 Å². The highest BCUT2D eigenvalue weighted by atomic mass is 16.6. The number of hydrogen-bond donors (Lipinski definition) is 2. The molecule has 0 spiro atoms. The molecule has 0 radical (unpaired) electrons. The minimum Gasteiger partial charge on any atom is -0.464 e. The summed E-state index contributed by atoms with van der Waals surface area (Å²) in [6.45, 7) is 15.2. The Labute approximate surface area is 236 Å². The van der Waals surface area contributed by atoms with E-state index in [-0.39, 0.29) is 19.1 Å². The van der Waals surface area contributed by atoms with Crippen molar-refractivity contribution in [3.63, 3.8) is 0 Å². The van der Waals surface area contributed by atoms with Gasteiger partial charge in [0.05, 0.1) is 24.6 Å². The molecular weight excluding hydrogens is 516 g/mol. The summed E-state index contributed by atoms with van der Waals surface area (Å²) in [6.07, 6.45) is 0.937. The van der Waals surface area contributed by atoms with Crippen LogP contribution < -0.4 is 5.32 Å². The molecule has 2 aromatic carbocycles. The fraction of sp³-hybridized carbons (Fsp3) is 0.467. The van der Waals surface area contributed by atoms with Crippen LogP contribution in [0.4, 0.5) is 16.2 Å². The summed E-state index contributed by atoms with van der Waals surface area (Å²) in [5, 5.41) is 10.7. The second-order valence-electron chi connectivity index (χ2n) is 9.03. The third-order valence-electron chi connectivity index (χ3n) is 5.26. The molecule has 0 aliphatic carbocycles. The summed E-state index contributed by atoms with van der Waals surface area (Å²) in [5.41, 5.74) is 5.60. The second-order valence-corrected chi connectivity index (χ2v) is 9.03. The first-order valence-corrected chi connectivity index (χ1v) is 13.1. The van der Waals surface area contributed by atoms with Crippen molar-refractivity contribution in [1.82, 2.24) is 0 Å². The Morgan fingerprint density at radius 2 is 1.38 bits per heavy atom. The van der Waals surface area contributed by atoms with Gasteiger partial charge in [-0.25, -0.2) is 19.2 Å². The molecule has 0 saturated carbocycles. The summed E-state index contributed by atoms with van der Waals surface area (Å²) < 4.78 is 13.8. The molecule has 0 aliphatic heterocycles. The van der Waals surface area contributed by atoms with Crippen LogP contribution in [0.5, 0.6) is 0 Å². The maximum Gasteiger partial charge on any atom is 0.412 e. The molecule has 0 aromatic heterocycles. The van der Waals surface area contributed by atoms with Crippen molar-refractivity contribution in [3.8, 4) is 0 Å². The van der Waals surface area contributed by atoms with Gasteiger partial charge in [-0.15, -0.1) is 0 Å². The first-order valence-electron chi connectivity index (χ1n) is 13.1. The average molecular weight is 559 g/mol. The largest absolute Gasteiger partial charge is 0.464 e. The minimum atomic E-state index is -0.658. The predicted molar refractivity (Wildman–Crippen MR) is 154 cm³/mol. The number of esters is 2. The number of para-hydroxylation sites is 2. The molecule has 1 amide bonds. The van der Waals surface area contributed by atoms with Crippen LogP contribution in [-0.2, 0) is 28.6 Å². The van der Waals surface area contributed by atoms with Crippen LogP contribution in [0.1, 0.15) is 75.6 Å². The summed E-state index contributed by atoms with van der Waals surface area (Å²) in [7, 11) is 0. The third kappa shape index (κ3) is 13.7. The monoisotopic (exact) mass is 558 g/mol. The average Bonchev–Trinajstić information content (AvgIpc) is 2.90. The third-order valence-corrected chi connectivity index (χ3v) is 5.26. The molecule has 0 unspecified atom stereocenters. The van der Waals surface area contributed by atoms with E-state index in [1.165, 1.54) is 0 Å². The SMILES string of the molecule is CCOC(=O)CO.CCOC(=O)COC(=O)Nc1c(C)cccc1C(C)C.Cc1cccc(C(C)C)c1N=C=O.